The molecule has 2 rings (SSSR count). The molecule has 6 heteroatoms. The molecular formula is C16H15IN2O3. The average Bonchev–Trinajstić information content (AvgIpc) is 2.53. The number of rotatable bonds is 5. The highest BCUT2D eigenvalue weighted by Crippen LogP contribution is 2.11. The Bertz CT molecular complexity index is 657. The van der Waals surface area contributed by atoms with Gasteiger partial charge in [-0.05, 0) is 53.8 Å². The van der Waals surface area contributed by atoms with E-state index in [0.717, 1.165) is 3.57 Å². The number of hydrogen-bond donors (Lipinski definition) is 1. The highest BCUT2D eigenvalue weighted by atomic mass is 127. The average molecular weight is 410 g/mol. The Labute approximate surface area is 142 Å². The van der Waals surface area contributed by atoms with E-state index in [4.69, 9.17) is 15.3 Å². The van der Waals surface area contributed by atoms with Gasteiger partial charge in [-0.2, -0.15) is 0 Å². The van der Waals surface area contributed by atoms with Crippen LogP contribution in [0.1, 0.15) is 12.5 Å². The van der Waals surface area contributed by atoms with Crippen molar-refractivity contribution < 1.29 is 14.4 Å². The second-order valence-corrected chi connectivity index (χ2v) is 5.71. The maximum absolute atomic E-state index is 11.8. The smallest absolute Gasteiger partial charge is 0.374 e. The predicted molar refractivity (Wildman–Crippen MR) is 92.5 cm³/mol. The van der Waals surface area contributed by atoms with Crippen LogP contribution in [0.25, 0.3) is 0 Å². The molecule has 0 saturated heterocycles. The summed E-state index contributed by atoms with van der Waals surface area (Å²) in [6.45, 7) is 1.59. The molecule has 0 aliphatic carbocycles. The standard InChI is InChI=1S/C16H15IN2O3/c1-11(21-14-5-3-2-4-6-14)16(20)22-19-15(18)12-7-9-13(17)10-8-12/h2-11H,1H3,(H2,18,19). The number of carbonyl (C=O) groups is 1. The normalized spacial score (nSPS) is 12.5. The van der Waals surface area contributed by atoms with Crippen LogP contribution in [-0.2, 0) is 9.63 Å². The van der Waals surface area contributed by atoms with Crippen LogP contribution in [0.15, 0.2) is 59.8 Å². The molecule has 1 atom stereocenters. The van der Waals surface area contributed by atoms with E-state index in [1.807, 2.05) is 30.3 Å². The molecule has 0 amide bonds. The molecule has 0 aliphatic heterocycles. The largest absolute Gasteiger partial charge is 0.479 e. The van der Waals surface area contributed by atoms with Crippen LogP contribution in [0.4, 0.5) is 0 Å². The van der Waals surface area contributed by atoms with Crippen LogP contribution in [-0.4, -0.2) is 17.9 Å². The van der Waals surface area contributed by atoms with Crippen molar-refractivity contribution in [1.29, 1.82) is 0 Å². The maximum atomic E-state index is 11.8. The molecule has 0 aromatic heterocycles. The predicted octanol–water partition coefficient (Wildman–Crippen LogP) is 2.92. The third-order valence-electron chi connectivity index (χ3n) is 2.76. The van der Waals surface area contributed by atoms with E-state index in [9.17, 15) is 4.79 Å². The first-order chi connectivity index (χ1) is 10.6. The molecule has 114 valence electrons. The lowest BCUT2D eigenvalue weighted by molar-refractivity contribution is -0.151. The Morgan fingerprint density at radius 3 is 2.41 bits per heavy atom. The van der Waals surface area contributed by atoms with Gasteiger partial charge in [0.15, 0.2) is 11.9 Å². The number of amidine groups is 1. The molecular weight excluding hydrogens is 395 g/mol. The van der Waals surface area contributed by atoms with Crippen LogP contribution >= 0.6 is 22.6 Å². The summed E-state index contributed by atoms with van der Waals surface area (Å²) < 4.78 is 6.52. The Morgan fingerprint density at radius 2 is 1.77 bits per heavy atom. The van der Waals surface area contributed by atoms with Gasteiger partial charge >= 0.3 is 5.97 Å². The number of nitrogens with zero attached hydrogens (tertiary/aromatic N) is 1. The van der Waals surface area contributed by atoms with Crippen molar-refractivity contribution in [2.24, 2.45) is 10.9 Å². The molecule has 0 spiro atoms. The summed E-state index contributed by atoms with van der Waals surface area (Å²) in [5.41, 5.74) is 6.46. The topological polar surface area (TPSA) is 73.9 Å². The number of carbonyl (C=O) groups excluding carboxylic acids is 1. The Hall–Kier alpha value is -2.09. The summed E-state index contributed by atoms with van der Waals surface area (Å²) in [7, 11) is 0. The van der Waals surface area contributed by atoms with Gasteiger partial charge in [-0.1, -0.05) is 35.5 Å². The van der Waals surface area contributed by atoms with Gasteiger partial charge in [0.2, 0.25) is 0 Å². The number of para-hydroxylation sites is 1. The summed E-state index contributed by atoms with van der Waals surface area (Å²) in [4.78, 5) is 16.6. The van der Waals surface area contributed by atoms with Crippen LogP contribution in [0.5, 0.6) is 5.75 Å². The van der Waals surface area contributed by atoms with Gasteiger partial charge in [0.05, 0.1) is 0 Å². The van der Waals surface area contributed by atoms with E-state index in [0.29, 0.717) is 11.3 Å². The quantitative estimate of drug-likeness (QED) is 0.271. The van der Waals surface area contributed by atoms with Gasteiger partial charge in [-0.25, -0.2) is 4.79 Å². The van der Waals surface area contributed by atoms with E-state index in [1.54, 1.807) is 31.2 Å². The van der Waals surface area contributed by atoms with Crippen molar-refractivity contribution in [3.05, 3.63) is 63.7 Å². The minimum atomic E-state index is -0.782. The number of oxime groups is 1. The lowest BCUT2D eigenvalue weighted by atomic mass is 10.2. The van der Waals surface area contributed by atoms with E-state index in [-0.39, 0.29) is 5.84 Å². The summed E-state index contributed by atoms with van der Waals surface area (Å²) in [5, 5.41) is 3.65. The molecule has 1 unspecified atom stereocenters. The van der Waals surface area contributed by atoms with Crippen molar-refractivity contribution in [2.45, 2.75) is 13.0 Å². The van der Waals surface area contributed by atoms with Gasteiger partial charge in [0, 0.05) is 9.13 Å². The Kier molecular flexibility index (Phi) is 5.76. The SMILES string of the molecule is CC(Oc1ccccc1)C(=O)O/N=C(\N)c1ccc(I)cc1. The number of ether oxygens (including phenoxy) is 1. The van der Waals surface area contributed by atoms with Crippen LogP contribution in [0.3, 0.4) is 0 Å². The zero-order valence-corrected chi connectivity index (χ0v) is 14.1. The molecule has 2 N–H and O–H groups in total. The molecule has 0 radical (unpaired) electrons. The molecule has 0 heterocycles. The van der Waals surface area contributed by atoms with Crippen molar-refractivity contribution >= 4 is 34.4 Å². The molecule has 5 nitrogen and oxygen atoms in total. The first-order valence-corrected chi connectivity index (χ1v) is 7.66. The summed E-state index contributed by atoms with van der Waals surface area (Å²) in [5.74, 6) is 0.107. The lowest BCUT2D eigenvalue weighted by Crippen LogP contribution is -2.26. The Balaban J connectivity index is 1.93. The van der Waals surface area contributed by atoms with Crippen molar-refractivity contribution in [1.82, 2.24) is 0 Å². The number of halogens is 1. The Morgan fingerprint density at radius 1 is 1.14 bits per heavy atom. The highest BCUT2D eigenvalue weighted by Gasteiger charge is 2.17. The molecule has 0 aliphatic rings. The highest BCUT2D eigenvalue weighted by molar-refractivity contribution is 14.1. The summed E-state index contributed by atoms with van der Waals surface area (Å²) in [6.07, 6.45) is -0.782. The van der Waals surface area contributed by atoms with Gasteiger partial charge < -0.3 is 15.3 Å². The van der Waals surface area contributed by atoms with E-state index < -0.39 is 12.1 Å². The second-order valence-electron chi connectivity index (χ2n) is 4.47. The number of nitrogens with two attached hydrogens (primary N) is 1. The van der Waals surface area contributed by atoms with E-state index in [2.05, 4.69) is 27.7 Å². The van der Waals surface area contributed by atoms with Crippen molar-refractivity contribution in [2.75, 3.05) is 0 Å². The molecule has 0 fully saturated rings. The van der Waals surface area contributed by atoms with E-state index in [1.165, 1.54) is 0 Å². The number of benzene rings is 2. The zero-order chi connectivity index (χ0) is 15.9. The first kappa shape index (κ1) is 16.3. The second kappa shape index (κ2) is 7.79. The molecule has 2 aromatic rings. The fraction of sp³-hybridized carbons (Fsp3) is 0.125. The molecule has 22 heavy (non-hydrogen) atoms. The third kappa shape index (κ3) is 4.73. The van der Waals surface area contributed by atoms with Crippen molar-refractivity contribution in [3.8, 4) is 5.75 Å². The first-order valence-electron chi connectivity index (χ1n) is 6.58. The van der Waals surface area contributed by atoms with Crippen LogP contribution in [0, 0.1) is 3.57 Å². The third-order valence-corrected chi connectivity index (χ3v) is 3.48. The monoisotopic (exact) mass is 410 g/mol. The van der Waals surface area contributed by atoms with Gasteiger partial charge in [0.1, 0.15) is 5.75 Å². The van der Waals surface area contributed by atoms with Crippen molar-refractivity contribution in [3.63, 3.8) is 0 Å². The summed E-state index contributed by atoms with van der Waals surface area (Å²) >= 11 is 2.19. The van der Waals surface area contributed by atoms with Gasteiger partial charge in [0.25, 0.3) is 0 Å². The van der Waals surface area contributed by atoms with Crippen LogP contribution in [0.2, 0.25) is 0 Å². The minimum Gasteiger partial charge on any atom is -0.479 e. The molecule has 2 aromatic carbocycles. The molecule has 0 bridgehead atoms. The minimum absolute atomic E-state index is 0.136. The fourth-order valence-corrected chi connectivity index (χ4v) is 1.95. The fourth-order valence-electron chi connectivity index (χ4n) is 1.59. The maximum Gasteiger partial charge on any atom is 0.374 e. The van der Waals surface area contributed by atoms with Gasteiger partial charge in [-0.15, -0.1) is 0 Å². The van der Waals surface area contributed by atoms with Crippen LogP contribution < -0.4 is 10.5 Å². The molecule has 0 saturated carbocycles. The summed E-state index contributed by atoms with van der Waals surface area (Å²) in [6, 6.07) is 16.4. The number of hydrogen-bond acceptors (Lipinski definition) is 4. The van der Waals surface area contributed by atoms with Gasteiger partial charge in [-0.3, -0.25) is 0 Å². The zero-order valence-electron chi connectivity index (χ0n) is 11.9. The van der Waals surface area contributed by atoms with E-state index >= 15 is 0 Å². The lowest BCUT2D eigenvalue weighted by Gasteiger charge is -2.11.